The molecule has 0 spiro atoms. The minimum absolute atomic E-state index is 0.292. The Morgan fingerprint density at radius 3 is 2.44 bits per heavy atom. The number of anilines is 2. The van der Waals surface area contributed by atoms with E-state index in [1.165, 1.54) is 5.56 Å². The number of nitrogens with zero attached hydrogens (tertiary/aromatic N) is 3. The summed E-state index contributed by atoms with van der Waals surface area (Å²) in [5.74, 6) is 1.09. The summed E-state index contributed by atoms with van der Waals surface area (Å²) in [7, 11) is 0. The third-order valence-corrected chi connectivity index (χ3v) is 3.88. The number of nitrogen functional groups attached to an aromatic ring is 1. The summed E-state index contributed by atoms with van der Waals surface area (Å²) in [6.07, 6.45) is 0. The van der Waals surface area contributed by atoms with Crippen molar-refractivity contribution in [1.82, 2.24) is 15.3 Å². The van der Waals surface area contributed by atoms with Crippen molar-refractivity contribution >= 4 is 33.8 Å². The molecule has 3 aromatic rings. The number of piperazine rings is 1. The van der Waals surface area contributed by atoms with Gasteiger partial charge in [0.25, 0.3) is 0 Å². The van der Waals surface area contributed by atoms with Crippen molar-refractivity contribution in [2.75, 3.05) is 36.8 Å². The van der Waals surface area contributed by atoms with Crippen molar-refractivity contribution < 1.29 is 4.42 Å². The number of furan rings is 1. The van der Waals surface area contributed by atoms with Gasteiger partial charge >= 0.3 is 0 Å². The topological polar surface area (TPSA) is 80.2 Å². The Labute approximate surface area is 149 Å². The van der Waals surface area contributed by atoms with Crippen LogP contribution in [0.1, 0.15) is 33.3 Å². The number of hydrogen-bond acceptors (Lipinski definition) is 6. The number of rotatable bonds is 1. The number of aromatic nitrogens is 2. The Balaban J connectivity index is 0.000000528. The van der Waals surface area contributed by atoms with Crippen molar-refractivity contribution in [2.45, 2.75) is 34.6 Å². The molecule has 6 heteroatoms. The second-order valence-corrected chi connectivity index (χ2v) is 5.42. The average Bonchev–Trinajstić information content (AvgIpc) is 3.03. The zero-order chi connectivity index (χ0) is 18.4. The molecule has 1 saturated heterocycles. The largest absolute Gasteiger partial charge is 0.450 e. The molecular formula is C19H29N5O. The van der Waals surface area contributed by atoms with Gasteiger partial charge in [-0.1, -0.05) is 39.3 Å². The highest BCUT2D eigenvalue weighted by Gasteiger charge is 2.20. The second-order valence-electron chi connectivity index (χ2n) is 5.42. The fourth-order valence-corrected chi connectivity index (χ4v) is 2.85. The van der Waals surface area contributed by atoms with Gasteiger partial charge in [-0.25, -0.2) is 4.98 Å². The SMILES string of the molecule is CC.CC.Cc1ccc2oc3c(N4CCNCC4)nc(N)nc3c2c1. The number of aryl methyl sites for hydroxylation is 1. The average molecular weight is 343 g/mol. The van der Waals surface area contributed by atoms with Crippen LogP contribution < -0.4 is 16.0 Å². The molecule has 6 nitrogen and oxygen atoms in total. The fourth-order valence-electron chi connectivity index (χ4n) is 2.85. The summed E-state index contributed by atoms with van der Waals surface area (Å²) in [5, 5.41) is 4.33. The third kappa shape index (κ3) is 3.85. The molecule has 1 aliphatic heterocycles. The molecule has 1 aromatic carbocycles. The Kier molecular flexibility index (Phi) is 6.58. The van der Waals surface area contributed by atoms with E-state index in [-0.39, 0.29) is 0 Å². The zero-order valence-corrected chi connectivity index (χ0v) is 15.9. The molecule has 0 saturated carbocycles. The lowest BCUT2D eigenvalue weighted by Crippen LogP contribution is -2.44. The van der Waals surface area contributed by atoms with Crippen LogP contribution in [-0.4, -0.2) is 36.1 Å². The number of nitrogens with two attached hydrogens (primary N) is 1. The van der Waals surface area contributed by atoms with Crippen molar-refractivity contribution in [3.63, 3.8) is 0 Å². The zero-order valence-electron chi connectivity index (χ0n) is 15.9. The Bertz CT molecular complexity index is 821. The molecule has 1 aliphatic rings. The van der Waals surface area contributed by atoms with Gasteiger partial charge in [-0.15, -0.1) is 0 Å². The smallest absolute Gasteiger partial charge is 0.222 e. The van der Waals surface area contributed by atoms with E-state index in [1.54, 1.807) is 0 Å². The first-order chi connectivity index (χ1) is 12.2. The number of nitrogens with one attached hydrogen (secondary N) is 1. The van der Waals surface area contributed by atoms with E-state index in [2.05, 4.69) is 33.2 Å². The molecule has 0 unspecified atom stereocenters. The summed E-state index contributed by atoms with van der Waals surface area (Å²) in [5.41, 5.74) is 9.44. The van der Waals surface area contributed by atoms with Crippen molar-refractivity contribution in [1.29, 1.82) is 0 Å². The van der Waals surface area contributed by atoms with Gasteiger partial charge in [0.2, 0.25) is 5.95 Å². The number of hydrogen-bond donors (Lipinski definition) is 2. The third-order valence-electron chi connectivity index (χ3n) is 3.88. The Morgan fingerprint density at radius 2 is 1.76 bits per heavy atom. The van der Waals surface area contributed by atoms with Crippen LogP contribution in [0.25, 0.3) is 22.1 Å². The molecule has 0 amide bonds. The minimum Gasteiger partial charge on any atom is -0.450 e. The monoisotopic (exact) mass is 343 g/mol. The van der Waals surface area contributed by atoms with Crippen molar-refractivity contribution in [3.8, 4) is 0 Å². The summed E-state index contributed by atoms with van der Waals surface area (Å²) in [4.78, 5) is 11.0. The summed E-state index contributed by atoms with van der Waals surface area (Å²) >= 11 is 0. The number of fused-ring (bicyclic) bond motifs is 3. The van der Waals surface area contributed by atoms with Crippen molar-refractivity contribution in [3.05, 3.63) is 23.8 Å². The predicted octanol–water partition coefficient (Wildman–Crippen LogP) is 3.73. The first-order valence-corrected chi connectivity index (χ1v) is 9.14. The van der Waals surface area contributed by atoms with Gasteiger partial charge in [-0.2, -0.15) is 4.98 Å². The molecule has 1 fully saturated rings. The molecule has 4 rings (SSSR count). The van der Waals surface area contributed by atoms with Gasteiger partial charge in [-0.3, -0.25) is 0 Å². The van der Waals surface area contributed by atoms with Crippen LogP contribution in [0.5, 0.6) is 0 Å². The van der Waals surface area contributed by atoms with E-state index < -0.39 is 0 Å². The van der Waals surface area contributed by atoms with Crippen LogP contribution in [0.2, 0.25) is 0 Å². The molecule has 0 aliphatic carbocycles. The van der Waals surface area contributed by atoms with E-state index in [1.807, 2.05) is 39.8 Å². The quantitative estimate of drug-likeness (QED) is 0.701. The van der Waals surface area contributed by atoms with Gasteiger partial charge in [0.1, 0.15) is 11.1 Å². The highest BCUT2D eigenvalue weighted by Crippen LogP contribution is 2.33. The number of benzene rings is 1. The summed E-state index contributed by atoms with van der Waals surface area (Å²) < 4.78 is 6.00. The predicted molar refractivity (Wildman–Crippen MR) is 106 cm³/mol. The first-order valence-electron chi connectivity index (χ1n) is 9.14. The maximum atomic E-state index is 6.00. The standard InChI is InChI=1S/C15H17N5O.2C2H6/c1-9-2-3-11-10(8-9)12-13(21-11)14(19-15(16)18-12)20-6-4-17-5-7-20;2*1-2/h2-3,8,17H,4-7H2,1H3,(H2,16,18,19);2*1-2H3. The van der Waals surface area contributed by atoms with E-state index in [9.17, 15) is 0 Å². The molecule has 0 radical (unpaired) electrons. The van der Waals surface area contributed by atoms with E-state index in [4.69, 9.17) is 10.2 Å². The van der Waals surface area contributed by atoms with Crippen LogP contribution in [0.15, 0.2) is 22.6 Å². The molecule has 3 heterocycles. The lowest BCUT2D eigenvalue weighted by Gasteiger charge is -2.28. The van der Waals surface area contributed by atoms with Gasteiger partial charge in [-0.05, 0) is 19.1 Å². The molecule has 0 bridgehead atoms. The first kappa shape index (κ1) is 19.0. The lowest BCUT2D eigenvalue weighted by molar-refractivity contribution is 0.580. The molecular weight excluding hydrogens is 314 g/mol. The highest BCUT2D eigenvalue weighted by molar-refractivity contribution is 6.06. The lowest BCUT2D eigenvalue weighted by atomic mass is 10.1. The van der Waals surface area contributed by atoms with Gasteiger partial charge in [0.05, 0.1) is 0 Å². The van der Waals surface area contributed by atoms with E-state index in [0.29, 0.717) is 5.95 Å². The van der Waals surface area contributed by atoms with Crippen LogP contribution >= 0.6 is 0 Å². The molecule has 0 atom stereocenters. The molecule has 136 valence electrons. The van der Waals surface area contributed by atoms with Crippen LogP contribution in [0, 0.1) is 6.92 Å². The normalized spacial score (nSPS) is 13.9. The Morgan fingerprint density at radius 1 is 1.08 bits per heavy atom. The summed E-state index contributed by atoms with van der Waals surface area (Å²) in [6.45, 7) is 13.7. The van der Waals surface area contributed by atoms with Gasteiger partial charge < -0.3 is 20.4 Å². The van der Waals surface area contributed by atoms with E-state index in [0.717, 1.165) is 54.1 Å². The Hall–Kier alpha value is -2.34. The van der Waals surface area contributed by atoms with Crippen LogP contribution in [0.3, 0.4) is 0 Å². The fraction of sp³-hybridized carbons (Fsp3) is 0.474. The summed E-state index contributed by atoms with van der Waals surface area (Å²) in [6, 6.07) is 6.09. The molecule has 2 aromatic heterocycles. The van der Waals surface area contributed by atoms with Crippen LogP contribution in [0.4, 0.5) is 11.8 Å². The minimum atomic E-state index is 0.292. The molecule has 3 N–H and O–H groups in total. The molecule has 25 heavy (non-hydrogen) atoms. The highest BCUT2D eigenvalue weighted by atomic mass is 16.3. The maximum absolute atomic E-state index is 6.00. The van der Waals surface area contributed by atoms with Gasteiger partial charge in [0, 0.05) is 31.6 Å². The second kappa shape index (κ2) is 8.67. The van der Waals surface area contributed by atoms with E-state index >= 15 is 0 Å². The van der Waals surface area contributed by atoms with Crippen LogP contribution in [-0.2, 0) is 0 Å². The van der Waals surface area contributed by atoms with Crippen molar-refractivity contribution in [2.24, 2.45) is 0 Å². The maximum Gasteiger partial charge on any atom is 0.222 e. The van der Waals surface area contributed by atoms with Gasteiger partial charge in [0.15, 0.2) is 11.4 Å².